The first-order valence-electron chi connectivity index (χ1n) is 11.7. The lowest BCUT2D eigenvalue weighted by Gasteiger charge is -2.33. The van der Waals surface area contributed by atoms with Crippen molar-refractivity contribution in [2.45, 2.75) is 103 Å². The van der Waals surface area contributed by atoms with Crippen LogP contribution in [0, 0.1) is 0 Å². The van der Waals surface area contributed by atoms with Gasteiger partial charge >= 0.3 is 5.97 Å². The molecule has 28 heavy (non-hydrogen) atoms. The number of rotatable bonds is 17. The van der Waals surface area contributed by atoms with Gasteiger partial charge in [0, 0.05) is 19.6 Å². The molecule has 162 valence electrons. The Morgan fingerprint density at radius 2 is 1.54 bits per heavy atom. The van der Waals surface area contributed by atoms with Gasteiger partial charge in [0.25, 0.3) is 0 Å². The fourth-order valence-electron chi connectivity index (χ4n) is 4.00. The highest BCUT2D eigenvalue weighted by atomic mass is 16.4. The summed E-state index contributed by atoms with van der Waals surface area (Å²) in [5.74, 6) is -0.729. The van der Waals surface area contributed by atoms with Gasteiger partial charge in [-0.3, -0.25) is 10.2 Å². The van der Waals surface area contributed by atoms with Crippen LogP contribution < -0.4 is 5.32 Å². The normalized spacial score (nSPS) is 20.6. The van der Waals surface area contributed by atoms with E-state index in [4.69, 9.17) is 0 Å². The monoisotopic (exact) mass is 392 g/mol. The van der Waals surface area contributed by atoms with Crippen LogP contribution in [0.2, 0.25) is 0 Å². The summed E-state index contributed by atoms with van der Waals surface area (Å²) >= 11 is 0. The average molecular weight is 393 g/mol. The van der Waals surface area contributed by atoms with Crippen LogP contribution in [0.3, 0.4) is 0 Å². The molecule has 1 unspecified atom stereocenters. The van der Waals surface area contributed by atoms with Crippen molar-refractivity contribution in [1.29, 1.82) is 0 Å². The second-order valence-corrected chi connectivity index (χ2v) is 8.02. The van der Waals surface area contributed by atoms with Crippen LogP contribution >= 0.6 is 0 Å². The minimum Gasteiger partial charge on any atom is -0.479 e. The number of nitrogens with zero attached hydrogens (tertiary/aromatic N) is 1. The van der Waals surface area contributed by atoms with Crippen LogP contribution in [-0.4, -0.2) is 41.3 Å². The number of hydrogen-bond acceptors (Lipinski definition) is 3. The zero-order chi connectivity index (χ0) is 20.5. The minimum absolute atomic E-state index is 0.616. The lowest BCUT2D eigenvalue weighted by atomic mass is 10.1. The van der Waals surface area contributed by atoms with Crippen LogP contribution in [0.4, 0.5) is 0 Å². The van der Waals surface area contributed by atoms with Crippen molar-refractivity contribution >= 4 is 5.97 Å². The molecule has 0 aliphatic carbocycles. The number of carboxylic acids is 1. The number of carboxylic acid groups (broad SMARTS) is 1. The molecule has 4 nitrogen and oxygen atoms in total. The molecule has 1 aliphatic heterocycles. The molecule has 1 saturated heterocycles. The Morgan fingerprint density at radius 1 is 0.929 bits per heavy atom. The number of carbonyl (C=O) groups is 1. The Labute approximate surface area is 173 Å². The maximum Gasteiger partial charge on any atom is 0.339 e. The number of unbranched alkanes of at least 4 members (excludes halogenated alkanes) is 9. The fraction of sp³-hybridized carbons (Fsp3) is 0.792. The third kappa shape index (κ3) is 9.38. The lowest BCUT2D eigenvalue weighted by molar-refractivity contribution is -0.151. The van der Waals surface area contributed by atoms with E-state index in [9.17, 15) is 9.90 Å². The third-order valence-electron chi connectivity index (χ3n) is 5.83. The van der Waals surface area contributed by atoms with Gasteiger partial charge in [0.05, 0.1) is 0 Å². The summed E-state index contributed by atoms with van der Waals surface area (Å²) in [6.45, 7) is 6.72. The highest BCUT2D eigenvalue weighted by molar-refractivity contribution is 5.78. The van der Waals surface area contributed by atoms with E-state index in [0.717, 1.165) is 32.5 Å². The molecule has 4 heteroatoms. The summed E-state index contributed by atoms with van der Waals surface area (Å²) in [6, 6.07) is 0. The van der Waals surface area contributed by atoms with Crippen molar-refractivity contribution in [3.63, 3.8) is 0 Å². The van der Waals surface area contributed by atoms with E-state index in [-0.39, 0.29) is 0 Å². The molecule has 0 amide bonds. The summed E-state index contributed by atoms with van der Waals surface area (Å²) < 4.78 is 0. The van der Waals surface area contributed by atoms with Gasteiger partial charge in [-0.15, -0.1) is 0 Å². The summed E-state index contributed by atoms with van der Waals surface area (Å²) in [4.78, 5) is 13.7. The molecule has 0 aromatic heterocycles. The predicted molar refractivity (Wildman–Crippen MR) is 120 cm³/mol. The predicted octanol–water partition coefficient (Wildman–Crippen LogP) is 5.90. The van der Waals surface area contributed by atoms with E-state index in [2.05, 4.69) is 41.4 Å². The van der Waals surface area contributed by atoms with Crippen LogP contribution in [0.25, 0.3) is 0 Å². The molecule has 0 saturated carbocycles. The van der Waals surface area contributed by atoms with Crippen LogP contribution in [0.15, 0.2) is 24.3 Å². The Kier molecular flexibility index (Phi) is 14.0. The number of aliphatic carboxylic acids is 1. The minimum atomic E-state index is -0.822. The Balaban J connectivity index is 1.95. The second-order valence-electron chi connectivity index (χ2n) is 8.02. The zero-order valence-corrected chi connectivity index (χ0v) is 18.4. The van der Waals surface area contributed by atoms with E-state index in [1.807, 2.05) is 6.92 Å². The van der Waals surface area contributed by atoms with E-state index >= 15 is 0 Å². The van der Waals surface area contributed by atoms with Crippen molar-refractivity contribution in [2.24, 2.45) is 0 Å². The highest BCUT2D eigenvalue weighted by Gasteiger charge is 2.45. The molecular weight excluding hydrogens is 348 g/mol. The SMILES string of the molecule is CCCCC/C=C\C/C=C\CCCCCCCCN1CCNC1(CC)C(=O)O. The first-order chi connectivity index (χ1) is 13.7. The molecule has 1 aliphatic rings. The Bertz CT molecular complexity index is 462. The average Bonchev–Trinajstić information content (AvgIpc) is 3.12. The molecular formula is C24H44N2O2. The fourth-order valence-corrected chi connectivity index (χ4v) is 4.00. The number of allylic oxidation sites excluding steroid dienone is 4. The lowest BCUT2D eigenvalue weighted by Crippen LogP contribution is -2.57. The summed E-state index contributed by atoms with van der Waals surface area (Å²) in [5, 5.41) is 12.7. The van der Waals surface area contributed by atoms with Crippen molar-refractivity contribution < 1.29 is 9.90 Å². The van der Waals surface area contributed by atoms with Gasteiger partial charge in [-0.1, -0.05) is 76.7 Å². The van der Waals surface area contributed by atoms with Crippen molar-refractivity contribution in [2.75, 3.05) is 19.6 Å². The van der Waals surface area contributed by atoms with Crippen molar-refractivity contribution in [3.8, 4) is 0 Å². The van der Waals surface area contributed by atoms with Gasteiger partial charge in [-0.05, 0) is 44.9 Å². The van der Waals surface area contributed by atoms with Gasteiger partial charge in [0.1, 0.15) is 0 Å². The van der Waals surface area contributed by atoms with E-state index in [0.29, 0.717) is 6.42 Å². The van der Waals surface area contributed by atoms with Gasteiger partial charge in [0.15, 0.2) is 5.66 Å². The summed E-state index contributed by atoms with van der Waals surface area (Å²) in [7, 11) is 0. The summed E-state index contributed by atoms with van der Waals surface area (Å²) in [5.41, 5.74) is -0.822. The van der Waals surface area contributed by atoms with Crippen LogP contribution in [0.1, 0.15) is 97.3 Å². The quantitative estimate of drug-likeness (QED) is 0.239. The van der Waals surface area contributed by atoms with Crippen LogP contribution in [0.5, 0.6) is 0 Å². The molecule has 0 bridgehead atoms. The molecule has 1 heterocycles. The first kappa shape index (κ1) is 24.9. The molecule has 2 N–H and O–H groups in total. The number of hydrogen-bond donors (Lipinski definition) is 2. The van der Waals surface area contributed by atoms with Gasteiger partial charge in [0.2, 0.25) is 0 Å². The van der Waals surface area contributed by atoms with Crippen LogP contribution in [-0.2, 0) is 4.79 Å². The molecule has 0 aromatic carbocycles. The second kappa shape index (κ2) is 15.8. The zero-order valence-electron chi connectivity index (χ0n) is 18.4. The highest BCUT2D eigenvalue weighted by Crippen LogP contribution is 2.22. The molecule has 0 radical (unpaired) electrons. The largest absolute Gasteiger partial charge is 0.479 e. The Morgan fingerprint density at radius 3 is 2.14 bits per heavy atom. The van der Waals surface area contributed by atoms with Gasteiger partial charge in [-0.2, -0.15) is 0 Å². The maximum atomic E-state index is 11.6. The van der Waals surface area contributed by atoms with E-state index in [1.165, 1.54) is 64.2 Å². The number of nitrogens with one attached hydrogen (secondary N) is 1. The van der Waals surface area contributed by atoms with Crippen molar-refractivity contribution in [3.05, 3.63) is 24.3 Å². The van der Waals surface area contributed by atoms with Gasteiger partial charge in [-0.25, -0.2) is 4.79 Å². The molecule has 0 aromatic rings. The Hall–Kier alpha value is -1.13. The van der Waals surface area contributed by atoms with Gasteiger partial charge < -0.3 is 5.11 Å². The first-order valence-corrected chi connectivity index (χ1v) is 11.7. The van der Waals surface area contributed by atoms with E-state index in [1.54, 1.807) is 0 Å². The topological polar surface area (TPSA) is 52.6 Å². The third-order valence-corrected chi connectivity index (χ3v) is 5.83. The standard InChI is InChI=1S/C24H44N2O2/c1-3-5-6-7-8-9-10-11-12-13-14-15-16-17-18-19-21-26-22-20-25-24(26,4-2)23(27)28/h8-9,11-12,25H,3-7,10,13-22H2,1-2H3,(H,27,28)/b9-8-,12-11-. The molecule has 1 rings (SSSR count). The summed E-state index contributed by atoms with van der Waals surface area (Å²) in [6.07, 6.45) is 24.8. The molecule has 1 fully saturated rings. The maximum absolute atomic E-state index is 11.6. The van der Waals surface area contributed by atoms with Crippen molar-refractivity contribution in [1.82, 2.24) is 10.2 Å². The molecule has 0 spiro atoms. The smallest absolute Gasteiger partial charge is 0.339 e. The molecule has 1 atom stereocenters. The van der Waals surface area contributed by atoms with E-state index < -0.39 is 11.6 Å².